The first-order chi connectivity index (χ1) is 9.72. The second-order valence-corrected chi connectivity index (χ2v) is 6.40. The van der Waals surface area contributed by atoms with E-state index in [9.17, 15) is 4.79 Å². The van der Waals surface area contributed by atoms with Gasteiger partial charge in [0, 0.05) is 29.1 Å². The molecule has 0 atom stereocenters. The highest BCUT2D eigenvalue weighted by atomic mass is 79.9. The number of halogens is 1. The summed E-state index contributed by atoms with van der Waals surface area (Å²) in [4.78, 5) is 16.1. The molecular formula is C14H10BrN3OS. The lowest BCUT2D eigenvalue weighted by molar-refractivity contribution is 0.102. The van der Waals surface area contributed by atoms with Crippen LogP contribution in [0.25, 0.3) is 5.69 Å². The summed E-state index contributed by atoms with van der Waals surface area (Å²) in [6.07, 6.45) is 5.29. The third-order valence-electron chi connectivity index (χ3n) is 2.74. The topological polar surface area (TPSA) is 46.9 Å². The van der Waals surface area contributed by atoms with Crippen molar-refractivity contribution in [2.24, 2.45) is 0 Å². The third kappa shape index (κ3) is 2.81. The second-order valence-electron chi connectivity index (χ2n) is 4.11. The van der Waals surface area contributed by atoms with Gasteiger partial charge in [0.2, 0.25) is 0 Å². The summed E-state index contributed by atoms with van der Waals surface area (Å²) in [5.41, 5.74) is 2.35. The molecule has 100 valence electrons. The number of aromatic nitrogens is 2. The zero-order valence-electron chi connectivity index (χ0n) is 10.3. The fraction of sp³-hybridized carbons (Fsp3) is 0. The molecule has 20 heavy (non-hydrogen) atoms. The number of rotatable bonds is 3. The van der Waals surface area contributed by atoms with E-state index in [0.29, 0.717) is 5.56 Å². The number of hydrogen-bond donors (Lipinski definition) is 1. The summed E-state index contributed by atoms with van der Waals surface area (Å²) >= 11 is 4.84. The molecule has 1 N–H and O–H groups in total. The first-order valence-corrected chi connectivity index (χ1v) is 7.53. The normalized spacial score (nSPS) is 10.4. The van der Waals surface area contributed by atoms with Gasteiger partial charge in [0.25, 0.3) is 5.91 Å². The molecule has 0 saturated heterocycles. The Morgan fingerprint density at radius 1 is 1.35 bits per heavy atom. The molecule has 6 heteroatoms. The van der Waals surface area contributed by atoms with Crippen molar-refractivity contribution >= 4 is 38.9 Å². The van der Waals surface area contributed by atoms with E-state index in [1.165, 1.54) is 11.3 Å². The van der Waals surface area contributed by atoms with Gasteiger partial charge in [0.15, 0.2) is 0 Å². The summed E-state index contributed by atoms with van der Waals surface area (Å²) in [6.45, 7) is 0. The molecule has 1 amide bonds. The number of carbonyl (C=O) groups is 1. The van der Waals surface area contributed by atoms with Crippen LogP contribution in [-0.4, -0.2) is 15.5 Å². The minimum absolute atomic E-state index is 0.116. The van der Waals surface area contributed by atoms with Gasteiger partial charge in [0.05, 0.1) is 15.7 Å². The Bertz CT molecular complexity index is 736. The molecule has 0 spiro atoms. The van der Waals surface area contributed by atoms with E-state index in [1.807, 2.05) is 40.4 Å². The van der Waals surface area contributed by atoms with Gasteiger partial charge in [-0.3, -0.25) is 4.79 Å². The van der Waals surface area contributed by atoms with E-state index >= 15 is 0 Å². The summed E-state index contributed by atoms with van der Waals surface area (Å²) < 4.78 is 2.83. The number of imidazole rings is 1. The number of thiophene rings is 1. The molecule has 0 saturated carbocycles. The number of hydrogen-bond acceptors (Lipinski definition) is 3. The van der Waals surface area contributed by atoms with Gasteiger partial charge in [0.1, 0.15) is 0 Å². The molecule has 0 bridgehead atoms. The zero-order chi connectivity index (χ0) is 13.9. The van der Waals surface area contributed by atoms with Crippen molar-refractivity contribution < 1.29 is 4.79 Å². The highest BCUT2D eigenvalue weighted by Crippen LogP contribution is 2.22. The monoisotopic (exact) mass is 347 g/mol. The lowest BCUT2D eigenvalue weighted by Crippen LogP contribution is -2.10. The first-order valence-electron chi connectivity index (χ1n) is 5.86. The van der Waals surface area contributed by atoms with Crippen molar-refractivity contribution in [2.45, 2.75) is 0 Å². The Balaban J connectivity index is 1.81. The fourth-order valence-electron chi connectivity index (χ4n) is 1.79. The van der Waals surface area contributed by atoms with Crippen molar-refractivity contribution in [2.75, 3.05) is 5.32 Å². The molecule has 3 rings (SSSR count). The van der Waals surface area contributed by atoms with Crippen LogP contribution in [0.1, 0.15) is 10.4 Å². The SMILES string of the molecule is O=C(Nc1cccc(-n2ccnc2)c1)c1csc(Br)c1. The van der Waals surface area contributed by atoms with Crippen molar-refractivity contribution in [3.05, 3.63) is 63.8 Å². The smallest absolute Gasteiger partial charge is 0.256 e. The van der Waals surface area contributed by atoms with Crippen molar-refractivity contribution in [1.82, 2.24) is 9.55 Å². The van der Waals surface area contributed by atoms with E-state index in [2.05, 4.69) is 26.2 Å². The number of benzene rings is 1. The summed E-state index contributed by atoms with van der Waals surface area (Å²) in [5.74, 6) is -0.116. The molecule has 0 aliphatic rings. The summed E-state index contributed by atoms with van der Waals surface area (Å²) in [7, 11) is 0. The molecule has 2 aromatic heterocycles. The summed E-state index contributed by atoms with van der Waals surface area (Å²) in [6, 6.07) is 9.42. The molecule has 3 aromatic rings. The van der Waals surface area contributed by atoms with Crippen LogP contribution in [-0.2, 0) is 0 Å². The largest absolute Gasteiger partial charge is 0.322 e. The lowest BCUT2D eigenvalue weighted by Gasteiger charge is -2.07. The lowest BCUT2D eigenvalue weighted by atomic mass is 10.2. The Kier molecular flexibility index (Phi) is 3.66. The molecule has 0 unspecified atom stereocenters. The Morgan fingerprint density at radius 3 is 2.95 bits per heavy atom. The van der Waals surface area contributed by atoms with E-state index in [1.54, 1.807) is 18.6 Å². The molecule has 0 fully saturated rings. The maximum absolute atomic E-state index is 12.1. The summed E-state index contributed by atoms with van der Waals surface area (Å²) in [5, 5.41) is 4.71. The number of nitrogens with one attached hydrogen (secondary N) is 1. The highest BCUT2D eigenvalue weighted by molar-refractivity contribution is 9.11. The molecular weight excluding hydrogens is 338 g/mol. The number of amides is 1. The van der Waals surface area contributed by atoms with E-state index < -0.39 is 0 Å². The molecule has 4 nitrogen and oxygen atoms in total. The van der Waals surface area contributed by atoms with Crippen LogP contribution in [0.2, 0.25) is 0 Å². The molecule has 0 radical (unpaired) electrons. The van der Waals surface area contributed by atoms with Crippen molar-refractivity contribution in [3.8, 4) is 5.69 Å². The Labute approximate surface area is 128 Å². The van der Waals surface area contributed by atoms with Crippen LogP contribution in [0.15, 0.2) is 58.2 Å². The first kappa shape index (κ1) is 13.1. The number of carbonyl (C=O) groups excluding carboxylic acids is 1. The molecule has 0 aliphatic heterocycles. The van der Waals surface area contributed by atoms with E-state index in [4.69, 9.17) is 0 Å². The minimum atomic E-state index is -0.116. The van der Waals surface area contributed by atoms with Gasteiger partial charge < -0.3 is 9.88 Å². The second kappa shape index (κ2) is 5.60. The van der Waals surface area contributed by atoms with Crippen LogP contribution in [0, 0.1) is 0 Å². The van der Waals surface area contributed by atoms with Crippen molar-refractivity contribution in [3.63, 3.8) is 0 Å². The van der Waals surface area contributed by atoms with Gasteiger partial charge in [-0.25, -0.2) is 4.98 Å². The van der Waals surface area contributed by atoms with Gasteiger partial charge in [-0.1, -0.05) is 6.07 Å². The van der Waals surface area contributed by atoms with Gasteiger partial charge in [-0.05, 0) is 40.2 Å². The van der Waals surface area contributed by atoms with Crippen LogP contribution in [0.4, 0.5) is 5.69 Å². The van der Waals surface area contributed by atoms with Crippen LogP contribution in [0.5, 0.6) is 0 Å². The third-order valence-corrected chi connectivity index (χ3v) is 4.24. The van der Waals surface area contributed by atoms with Crippen LogP contribution < -0.4 is 5.32 Å². The average Bonchev–Trinajstić information content (AvgIpc) is 3.10. The predicted octanol–water partition coefficient (Wildman–Crippen LogP) is 3.95. The van der Waals surface area contributed by atoms with Crippen molar-refractivity contribution in [1.29, 1.82) is 0 Å². The fourth-order valence-corrected chi connectivity index (χ4v) is 2.93. The predicted molar refractivity (Wildman–Crippen MR) is 83.5 cm³/mol. The van der Waals surface area contributed by atoms with Crippen LogP contribution in [0.3, 0.4) is 0 Å². The average molecular weight is 348 g/mol. The molecule has 1 aromatic carbocycles. The Hall–Kier alpha value is -1.92. The van der Waals surface area contributed by atoms with E-state index in [-0.39, 0.29) is 5.91 Å². The number of nitrogens with zero attached hydrogens (tertiary/aromatic N) is 2. The zero-order valence-corrected chi connectivity index (χ0v) is 12.7. The van der Waals surface area contributed by atoms with Gasteiger partial charge in [-0.2, -0.15) is 0 Å². The van der Waals surface area contributed by atoms with E-state index in [0.717, 1.165) is 15.2 Å². The maximum atomic E-state index is 12.1. The number of anilines is 1. The standard InChI is InChI=1S/C14H10BrN3OS/c15-13-6-10(8-20-13)14(19)17-11-2-1-3-12(7-11)18-5-4-16-9-18/h1-9H,(H,17,19). The Morgan fingerprint density at radius 2 is 2.25 bits per heavy atom. The quantitative estimate of drug-likeness (QED) is 0.779. The van der Waals surface area contributed by atoms with Gasteiger partial charge in [-0.15, -0.1) is 11.3 Å². The maximum Gasteiger partial charge on any atom is 0.256 e. The molecule has 0 aliphatic carbocycles. The molecule has 2 heterocycles. The highest BCUT2D eigenvalue weighted by Gasteiger charge is 2.08. The van der Waals surface area contributed by atoms with Crippen LogP contribution >= 0.6 is 27.3 Å². The van der Waals surface area contributed by atoms with Gasteiger partial charge >= 0.3 is 0 Å². The minimum Gasteiger partial charge on any atom is -0.322 e.